The molecule has 2 aliphatic rings. The predicted octanol–water partition coefficient (Wildman–Crippen LogP) is 7.56. The van der Waals surface area contributed by atoms with Gasteiger partial charge in [-0.1, -0.05) is 96.5 Å². The number of β-amino-alcohol motifs (C(OH)–C–C–N with tert-alkyl or cyclic N) is 1. The Morgan fingerprint density at radius 3 is 2.26 bits per heavy atom. The van der Waals surface area contributed by atoms with Crippen molar-refractivity contribution in [3.63, 3.8) is 0 Å². The molecule has 1 aliphatic heterocycles. The van der Waals surface area contributed by atoms with Gasteiger partial charge in [0.25, 0.3) is 5.91 Å². The monoisotopic (exact) mass is 988 g/mol. The molecule has 2 fully saturated rings. The standard InChI is InChI=1S/C53H61ClN8O7S/c1-31-44(70-30-59-31)34-11-9-32(10-12-34)26-58-47(66)41-23-38(63)28-62(41)48(67)45(51(2,3)4)60-43(64)29-68-22-21-56-42-20-18-37(27-57-42)33-13-15-35(16-14-33)46(65)61-49-52(5,6)50(53(49,7)8)69-39-19-17-36(25-55)40(54)24-39/h9-20,24,27,30,38,41,45,49-50,63H,21-23,26,28-29H2,1-8H3,(H,56,57)(H,58,66)(H,60,64)(H,61,65)/t38-,41+,45-,49-,50-/m1/s1. The van der Waals surface area contributed by atoms with Crippen LogP contribution in [0.15, 0.2) is 90.6 Å². The number of aromatic nitrogens is 2. The average molecular weight is 990 g/mol. The second-order valence-electron chi connectivity index (χ2n) is 20.2. The molecule has 3 atom stereocenters. The van der Waals surface area contributed by atoms with E-state index < -0.39 is 46.2 Å². The van der Waals surface area contributed by atoms with E-state index in [2.05, 4.69) is 65.0 Å². The van der Waals surface area contributed by atoms with Crippen LogP contribution in [0, 0.1) is 34.5 Å². The summed E-state index contributed by atoms with van der Waals surface area (Å²) >= 11 is 7.82. The molecule has 0 radical (unpaired) electrons. The van der Waals surface area contributed by atoms with Gasteiger partial charge >= 0.3 is 0 Å². The Balaban J connectivity index is 0.839. The maximum atomic E-state index is 14.0. The molecule has 5 N–H and O–H groups in total. The number of carbonyl (C=O) groups excluding carboxylic acids is 4. The van der Waals surface area contributed by atoms with Gasteiger partial charge in [-0.15, -0.1) is 11.3 Å². The number of rotatable bonds is 17. The lowest BCUT2D eigenvalue weighted by molar-refractivity contribution is -0.164. The van der Waals surface area contributed by atoms with Gasteiger partial charge in [0, 0.05) is 66.3 Å². The minimum Gasteiger partial charge on any atom is -0.489 e. The second-order valence-corrected chi connectivity index (χ2v) is 21.5. The molecule has 7 rings (SSSR count). The SMILES string of the molecule is Cc1ncsc1-c1ccc(CNC(=O)[C@@H]2C[C@@H](O)CN2C(=O)[C@@H](NC(=O)COCCNc2ccc(-c3ccc(C(=O)N[C@H]4C(C)(C)[C@H](Oc5ccc(C#N)c(Cl)c5)C4(C)C)cc3)cn2)C(C)(C)C)cc1. The Hall–Kier alpha value is -6.38. The second kappa shape index (κ2) is 21.3. The number of aliphatic hydroxyl groups is 1. The summed E-state index contributed by atoms with van der Waals surface area (Å²) in [5.41, 5.74) is 5.84. The van der Waals surface area contributed by atoms with E-state index in [1.54, 1.807) is 47.9 Å². The van der Waals surface area contributed by atoms with E-state index in [1.165, 1.54) is 4.90 Å². The van der Waals surface area contributed by atoms with Crippen LogP contribution >= 0.6 is 22.9 Å². The summed E-state index contributed by atoms with van der Waals surface area (Å²) < 4.78 is 12.0. The van der Waals surface area contributed by atoms with E-state index in [4.69, 9.17) is 21.1 Å². The number of nitriles is 1. The van der Waals surface area contributed by atoms with Crippen molar-refractivity contribution in [2.45, 2.75) is 98.7 Å². The third-order valence-corrected chi connectivity index (χ3v) is 14.5. The number of thiazole rings is 1. The first-order valence-corrected chi connectivity index (χ1v) is 24.5. The molecule has 368 valence electrons. The van der Waals surface area contributed by atoms with Gasteiger partial charge in [-0.05, 0) is 65.4 Å². The van der Waals surface area contributed by atoms with Gasteiger partial charge < -0.3 is 40.7 Å². The summed E-state index contributed by atoms with van der Waals surface area (Å²) in [5.74, 6) is -0.332. The lowest BCUT2D eigenvalue weighted by Gasteiger charge is -2.63. The number of nitrogens with one attached hydrogen (secondary N) is 4. The lowest BCUT2D eigenvalue weighted by atomic mass is 9.49. The van der Waals surface area contributed by atoms with Crippen molar-refractivity contribution < 1.29 is 33.8 Å². The fourth-order valence-corrected chi connectivity index (χ4v) is 10.7. The van der Waals surface area contributed by atoms with Gasteiger partial charge in [-0.25, -0.2) is 9.97 Å². The molecule has 0 bridgehead atoms. The van der Waals surface area contributed by atoms with Crippen molar-refractivity contribution in [3.05, 3.63) is 118 Å². The molecule has 1 saturated carbocycles. The summed E-state index contributed by atoms with van der Waals surface area (Å²) in [6.45, 7) is 16.2. The number of pyridine rings is 1. The van der Waals surface area contributed by atoms with E-state index in [1.807, 2.05) is 81.7 Å². The number of hydrogen-bond donors (Lipinski definition) is 5. The molecule has 5 aromatic rings. The molecule has 1 saturated heterocycles. The Morgan fingerprint density at radius 1 is 0.957 bits per heavy atom. The highest BCUT2D eigenvalue weighted by Crippen LogP contribution is 2.55. The maximum absolute atomic E-state index is 14.0. The van der Waals surface area contributed by atoms with Crippen LogP contribution in [0.4, 0.5) is 5.82 Å². The number of ether oxygens (including phenoxy) is 2. The highest BCUT2D eigenvalue weighted by Gasteiger charge is 2.64. The van der Waals surface area contributed by atoms with Gasteiger partial charge in [0.15, 0.2) is 0 Å². The highest BCUT2D eigenvalue weighted by molar-refractivity contribution is 7.13. The molecular formula is C53H61ClN8O7S. The zero-order valence-electron chi connectivity index (χ0n) is 40.8. The zero-order valence-corrected chi connectivity index (χ0v) is 42.3. The van der Waals surface area contributed by atoms with Crippen LogP contribution in [0.2, 0.25) is 5.02 Å². The van der Waals surface area contributed by atoms with Crippen LogP contribution in [0.5, 0.6) is 5.75 Å². The molecule has 3 heterocycles. The summed E-state index contributed by atoms with van der Waals surface area (Å²) in [4.78, 5) is 65.4. The number of halogens is 1. The van der Waals surface area contributed by atoms with E-state index >= 15 is 0 Å². The normalized spacial score (nSPS) is 19.5. The van der Waals surface area contributed by atoms with Crippen molar-refractivity contribution in [3.8, 4) is 33.4 Å². The Labute approximate surface area is 418 Å². The predicted molar refractivity (Wildman–Crippen MR) is 270 cm³/mol. The number of amides is 4. The first-order chi connectivity index (χ1) is 33.2. The fraction of sp³-hybridized carbons (Fsp3) is 0.415. The molecule has 70 heavy (non-hydrogen) atoms. The van der Waals surface area contributed by atoms with Crippen molar-refractivity contribution in [2.24, 2.45) is 16.2 Å². The van der Waals surface area contributed by atoms with E-state index in [9.17, 15) is 29.5 Å². The van der Waals surface area contributed by atoms with Crippen LogP contribution in [0.1, 0.15) is 82.1 Å². The van der Waals surface area contributed by atoms with Crippen LogP contribution in [-0.4, -0.2) is 100 Å². The quantitative estimate of drug-likeness (QED) is 0.0575. The van der Waals surface area contributed by atoms with Crippen LogP contribution in [0.3, 0.4) is 0 Å². The maximum Gasteiger partial charge on any atom is 0.251 e. The number of carbonyl (C=O) groups is 4. The van der Waals surface area contributed by atoms with E-state index in [-0.39, 0.29) is 56.7 Å². The smallest absolute Gasteiger partial charge is 0.251 e. The number of benzene rings is 3. The number of hydrogen-bond acceptors (Lipinski definition) is 12. The third-order valence-electron chi connectivity index (χ3n) is 13.2. The van der Waals surface area contributed by atoms with Gasteiger partial charge in [-0.3, -0.25) is 19.2 Å². The van der Waals surface area contributed by atoms with Gasteiger partial charge in [0.2, 0.25) is 17.7 Å². The molecule has 3 aromatic carbocycles. The fourth-order valence-electron chi connectivity index (χ4n) is 9.69. The van der Waals surface area contributed by atoms with Crippen molar-refractivity contribution in [2.75, 3.05) is 31.6 Å². The summed E-state index contributed by atoms with van der Waals surface area (Å²) in [7, 11) is 0. The van der Waals surface area contributed by atoms with Crippen molar-refractivity contribution in [1.29, 1.82) is 5.26 Å². The van der Waals surface area contributed by atoms with Gasteiger partial charge in [-0.2, -0.15) is 5.26 Å². The van der Waals surface area contributed by atoms with Crippen molar-refractivity contribution >= 4 is 52.4 Å². The molecule has 4 amide bonds. The number of nitrogens with zero attached hydrogens (tertiary/aromatic N) is 4. The summed E-state index contributed by atoms with van der Waals surface area (Å²) in [6, 6.07) is 24.0. The number of aliphatic hydroxyl groups excluding tert-OH is 1. The lowest BCUT2D eigenvalue weighted by Crippen LogP contribution is -2.74. The van der Waals surface area contributed by atoms with E-state index in [0.29, 0.717) is 34.3 Å². The Bertz CT molecular complexity index is 2720. The molecule has 0 unspecified atom stereocenters. The molecule has 15 nitrogen and oxygen atoms in total. The molecule has 1 aliphatic carbocycles. The van der Waals surface area contributed by atoms with Crippen LogP contribution in [0.25, 0.3) is 21.6 Å². The minimum atomic E-state index is -0.981. The molecule has 2 aromatic heterocycles. The zero-order chi connectivity index (χ0) is 50.5. The minimum absolute atomic E-state index is 0.0261. The number of anilines is 1. The molecule has 0 spiro atoms. The number of aryl methyl sites for hydroxylation is 1. The van der Waals surface area contributed by atoms with Crippen molar-refractivity contribution in [1.82, 2.24) is 30.8 Å². The third kappa shape index (κ3) is 11.6. The van der Waals surface area contributed by atoms with E-state index in [0.717, 1.165) is 32.8 Å². The van der Waals surface area contributed by atoms with Gasteiger partial charge in [0.1, 0.15) is 42.4 Å². The molecular weight excluding hydrogens is 928 g/mol. The van der Waals surface area contributed by atoms with Crippen LogP contribution < -0.4 is 26.0 Å². The Kier molecular flexibility index (Phi) is 15.7. The first-order valence-electron chi connectivity index (χ1n) is 23.3. The topological polar surface area (TPSA) is 208 Å². The largest absolute Gasteiger partial charge is 0.489 e. The average Bonchev–Trinajstić information content (AvgIpc) is 3.95. The summed E-state index contributed by atoms with van der Waals surface area (Å²) in [6.07, 6.45) is 0.715. The van der Waals surface area contributed by atoms with Crippen LogP contribution in [-0.2, 0) is 25.7 Å². The Morgan fingerprint density at radius 2 is 1.64 bits per heavy atom. The van der Waals surface area contributed by atoms with Gasteiger partial charge in [0.05, 0.1) is 39.4 Å². The summed E-state index contributed by atoms with van der Waals surface area (Å²) in [5, 5.41) is 32.3. The number of likely N-dealkylation sites (tertiary alicyclic amines) is 1. The highest BCUT2D eigenvalue weighted by atomic mass is 35.5. The molecule has 17 heteroatoms. The first kappa shape index (κ1) is 51.5.